The maximum atomic E-state index is 12.6. The first-order valence-corrected chi connectivity index (χ1v) is 10.6. The maximum Gasteiger partial charge on any atom is 0.350 e. The number of amides is 1. The number of aromatic amines is 1. The molecule has 1 amide bonds. The SMILES string of the molecule is O=C(CCn1c(=O)[nH]c(=O)c2ccccc21)Nc1cccc(Cn2nc3ccccn3c2=O)c1. The minimum atomic E-state index is -0.559. The number of anilines is 1. The molecule has 170 valence electrons. The fraction of sp³-hybridized carbons (Fsp3) is 0.125. The summed E-state index contributed by atoms with van der Waals surface area (Å²) in [6.45, 7) is 0.362. The number of pyridine rings is 1. The fourth-order valence-corrected chi connectivity index (χ4v) is 3.89. The average Bonchev–Trinajstić information content (AvgIpc) is 3.14. The summed E-state index contributed by atoms with van der Waals surface area (Å²) in [4.78, 5) is 51.6. The Morgan fingerprint density at radius 3 is 2.65 bits per heavy atom. The van der Waals surface area contributed by atoms with E-state index in [1.165, 1.54) is 13.6 Å². The third kappa shape index (κ3) is 4.04. The lowest BCUT2D eigenvalue weighted by atomic mass is 10.2. The Hall–Kier alpha value is -4.73. The summed E-state index contributed by atoms with van der Waals surface area (Å²) >= 11 is 0. The van der Waals surface area contributed by atoms with E-state index in [9.17, 15) is 19.2 Å². The van der Waals surface area contributed by atoms with Crippen LogP contribution < -0.4 is 22.3 Å². The van der Waals surface area contributed by atoms with E-state index < -0.39 is 11.2 Å². The zero-order valence-corrected chi connectivity index (χ0v) is 18.0. The van der Waals surface area contributed by atoms with Crippen LogP contribution in [0.2, 0.25) is 0 Å². The van der Waals surface area contributed by atoms with Crippen molar-refractivity contribution in [3.05, 3.63) is 110 Å². The van der Waals surface area contributed by atoms with Crippen molar-refractivity contribution in [2.45, 2.75) is 19.5 Å². The van der Waals surface area contributed by atoms with Gasteiger partial charge in [-0.1, -0.05) is 30.3 Å². The lowest BCUT2D eigenvalue weighted by molar-refractivity contribution is -0.116. The highest BCUT2D eigenvalue weighted by atomic mass is 16.2. The summed E-state index contributed by atoms with van der Waals surface area (Å²) in [5, 5.41) is 7.53. The predicted octanol–water partition coefficient (Wildman–Crippen LogP) is 1.58. The number of fused-ring (bicyclic) bond motifs is 2. The standard InChI is InChI=1S/C24H20N6O4/c31-21(11-13-28-19-9-2-1-8-18(19)22(32)26-23(28)33)25-17-7-5-6-16(14-17)15-30-24(34)29-12-4-3-10-20(29)27-30/h1-10,12,14H,11,13,15H2,(H,25,31)(H,26,32,33). The lowest BCUT2D eigenvalue weighted by Crippen LogP contribution is -2.31. The van der Waals surface area contributed by atoms with Gasteiger partial charge in [0.25, 0.3) is 5.56 Å². The number of benzene rings is 2. The molecule has 0 atom stereocenters. The van der Waals surface area contributed by atoms with Crippen LogP contribution >= 0.6 is 0 Å². The van der Waals surface area contributed by atoms with Crippen LogP contribution in [0.3, 0.4) is 0 Å². The van der Waals surface area contributed by atoms with Gasteiger partial charge in [-0.2, -0.15) is 0 Å². The van der Waals surface area contributed by atoms with Crippen molar-refractivity contribution in [2.24, 2.45) is 0 Å². The number of H-pyrrole nitrogens is 1. The Morgan fingerprint density at radius 1 is 0.971 bits per heavy atom. The van der Waals surface area contributed by atoms with Crippen LogP contribution in [-0.2, 0) is 17.9 Å². The number of aryl methyl sites for hydroxylation is 1. The van der Waals surface area contributed by atoms with Crippen LogP contribution in [0.25, 0.3) is 16.6 Å². The fourth-order valence-electron chi connectivity index (χ4n) is 3.89. The van der Waals surface area contributed by atoms with Crippen molar-refractivity contribution in [2.75, 3.05) is 5.32 Å². The number of carbonyl (C=O) groups excluding carboxylic acids is 1. The summed E-state index contributed by atoms with van der Waals surface area (Å²) in [7, 11) is 0. The molecule has 2 aromatic carbocycles. The zero-order valence-electron chi connectivity index (χ0n) is 18.0. The van der Waals surface area contributed by atoms with E-state index in [1.54, 1.807) is 60.8 Å². The largest absolute Gasteiger partial charge is 0.350 e. The van der Waals surface area contributed by atoms with Crippen molar-refractivity contribution in [3.63, 3.8) is 0 Å². The Bertz CT molecular complexity index is 1710. The van der Waals surface area contributed by atoms with E-state index in [2.05, 4.69) is 15.4 Å². The topological polar surface area (TPSA) is 123 Å². The molecule has 0 aliphatic rings. The number of hydrogen-bond donors (Lipinski definition) is 2. The Balaban J connectivity index is 1.30. The molecule has 34 heavy (non-hydrogen) atoms. The van der Waals surface area contributed by atoms with Crippen LogP contribution in [0.1, 0.15) is 12.0 Å². The third-order valence-electron chi connectivity index (χ3n) is 5.50. The number of aromatic nitrogens is 5. The predicted molar refractivity (Wildman–Crippen MR) is 127 cm³/mol. The second-order valence-corrected chi connectivity index (χ2v) is 7.80. The summed E-state index contributed by atoms with van der Waals surface area (Å²) in [5.74, 6) is -0.288. The highest BCUT2D eigenvalue weighted by molar-refractivity contribution is 5.90. The molecule has 0 unspecified atom stereocenters. The normalized spacial score (nSPS) is 11.2. The van der Waals surface area contributed by atoms with Gasteiger partial charge in [-0.15, -0.1) is 5.10 Å². The Labute approximate surface area is 191 Å². The van der Waals surface area contributed by atoms with Crippen molar-refractivity contribution < 1.29 is 4.79 Å². The molecular weight excluding hydrogens is 436 g/mol. The zero-order chi connectivity index (χ0) is 23.7. The quantitative estimate of drug-likeness (QED) is 0.402. The Morgan fingerprint density at radius 2 is 1.79 bits per heavy atom. The number of carbonyl (C=O) groups is 1. The number of hydrogen-bond acceptors (Lipinski definition) is 5. The monoisotopic (exact) mass is 456 g/mol. The molecule has 0 spiro atoms. The molecule has 10 nitrogen and oxygen atoms in total. The van der Waals surface area contributed by atoms with Gasteiger partial charge in [-0.05, 0) is 42.0 Å². The molecule has 0 saturated heterocycles. The van der Waals surface area contributed by atoms with Gasteiger partial charge in [-0.3, -0.25) is 23.5 Å². The lowest BCUT2D eigenvalue weighted by Gasteiger charge is -2.10. The van der Waals surface area contributed by atoms with Gasteiger partial charge in [-0.25, -0.2) is 14.3 Å². The Kier molecular flexibility index (Phi) is 5.38. The maximum absolute atomic E-state index is 12.6. The summed E-state index contributed by atoms with van der Waals surface area (Å²) in [6.07, 6.45) is 1.70. The van der Waals surface area contributed by atoms with E-state index in [0.29, 0.717) is 22.2 Å². The van der Waals surface area contributed by atoms with Gasteiger partial charge >= 0.3 is 11.4 Å². The van der Waals surface area contributed by atoms with Crippen LogP contribution in [0.4, 0.5) is 5.69 Å². The van der Waals surface area contributed by atoms with Gasteiger partial charge in [0.05, 0.1) is 17.4 Å². The van der Waals surface area contributed by atoms with Crippen LogP contribution in [0.5, 0.6) is 0 Å². The number of nitrogens with zero attached hydrogens (tertiary/aromatic N) is 4. The van der Waals surface area contributed by atoms with Crippen LogP contribution in [0.15, 0.2) is 87.3 Å². The molecule has 0 aliphatic heterocycles. The van der Waals surface area contributed by atoms with Gasteiger partial charge in [0.2, 0.25) is 5.91 Å². The van der Waals surface area contributed by atoms with Crippen molar-refractivity contribution >= 4 is 28.1 Å². The summed E-state index contributed by atoms with van der Waals surface area (Å²) in [6, 6.07) is 19.2. The van der Waals surface area contributed by atoms with Crippen LogP contribution in [0, 0.1) is 0 Å². The highest BCUT2D eigenvalue weighted by Crippen LogP contribution is 2.13. The third-order valence-corrected chi connectivity index (χ3v) is 5.50. The van der Waals surface area contributed by atoms with Gasteiger partial charge in [0.1, 0.15) is 0 Å². The molecule has 3 aromatic heterocycles. The minimum Gasteiger partial charge on any atom is -0.326 e. The molecule has 0 bridgehead atoms. The first kappa shape index (κ1) is 21.1. The van der Waals surface area contributed by atoms with Gasteiger partial charge in [0, 0.05) is 24.8 Å². The highest BCUT2D eigenvalue weighted by Gasteiger charge is 2.11. The van der Waals surface area contributed by atoms with Crippen molar-refractivity contribution in [1.29, 1.82) is 0 Å². The average molecular weight is 456 g/mol. The second-order valence-electron chi connectivity index (χ2n) is 7.80. The second kappa shape index (κ2) is 8.66. The molecule has 5 aromatic rings. The van der Waals surface area contributed by atoms with E-state index >= 15 is 0 Å². The molecular formula is C24H20N6O4. The van der Waals surface area contributed by atoms with Gasteiger partial charge < -0.3 is 5.32 Å². The molecule has 0 radical (unpaired) electrons. The van der Waals surface area contributed by atoms with Crippen molar-refractivity contribution in [3.8, 4) is 0 Å². The number of para-hydroxylation sites is 1. The smallest absolute Gasteiger partial charge is 0.326 e. The first-order chi connectivity index (χ1) is 16.5. The summed E-state index contributed by atoms with van der Waals surface area (Å²) in [5.41, 5.74) is 1.14. The van der Waals surface area contributed by atoms with E-state index in [0.717, 1.165) is 5.56 Å². The molecule has 10 heteroatoms. The van der Waals surface area contributed by atoms with Gasteiger partial charge in [0.15, 0.2) is 5.65 Å². The van der Waals surface area contributed by atoms with Crippen molar-refractivity contribution in [1.82, 2.24) is 23.7 Å². The number of nitrogens with one attached hydrogen (secondary N) is 2. The molecule has 5 rings (SSSR count). The first-order valence-electron chi connectivity index (χ1n) is 10.6. The van der Waals surface area contributed by atoms with E-state index in [-0.39, 0.29) is 31.1 Å². The molecule has 2 N–H and O–H groups in total. The molecule has 0 aliphatic carbocycles. The number of rotatable bonds is 6. The summed E-state index contributed by atoms with van der Waals surface area (Å²) < 4.78 is 4.21. The van der Waals surface area contributed by atoms with Crippen LogP contribution in [-0.4, -0.2) is 29.6 Å². The van der Waals surface area contributed by atoms with E-state index in [1.807, 2.05) is 12.1 Å². The molecule has 0 saturated carbocycles. The van der Waals surface area contributed by atoms with E-state index in [4.69, 9.17) is 0 Å². The minimum absolute atomic E-state index is 0.0338. The molecule has 3 heterocycles. The molecule has 0 fully saturated rings.